The predicted octanol–water partition coefficient (Wildman–Crippen LogP) is 0.631. The summed E-state index contributed by atoms with van der Waals surface area (Å²) in [6.07, 6.45) is 3.22. The SMILES string of the molecule is O=C1CCC(N2Cc3ccc(CN4CCC[C@H]5CNC[C@H]54)cc3C2=O)C(=O)N1. The maximum absolute atomic E-state index is 13.0. The van der Waals surface area contributed by atoms with Crippen LogP contribution in [0.25, 0.3) is 0 Å². The van der Waals surface area contributed by atoms with E-state index in [0.717, 1.165) is 43.2 Å². The van der Waals surface area contributed by atoms with Crippen LogP contribution in [0.15, 0.2) is 18.2 Å². The summed E-state index contributed by atoms with van der Waals surface area (Å²) < 4.78 is 0. The van der Waals surface area contributed by atoms with E-state index in [1.54, 1.807) is 4.90 Å². The van der Waals surface area contributed by atoms with Gasteiger partial charge in [0.2, 0.25) is 11.8 Å². The lowest BCUT2D eigenvalue weighted by Gasteiger charge is -2.37. The van der Waals surface area contributed by atoms with Gasteiger partial charge in [0, 0.05) is 37.7 Å². The molecule has 1 aromatic rings. The molecule has 4 aliphatic rings. The quantitative estimate of drug-likeness (QED) is 0.750. The fraction of sp³-hybridized carbons (Fsp3) is 0.571. The largest absolute Gasteiger partial charge is 0.322 e. The third-order valence-electron chi connectivity index (χ3n) is 6.77. The molecule has 0 radical (unpaired) electrons. The van der Waals surface area contributed by atoms with Crippen molar-refractivity contribution in [2.24, 2.45) is 5.92 Å². The number of fused-ring (bicyclic) bond motifs is 2. The van der Waals surface area contributed by atoms with Gasteiger partial charge in [0.15, 0.2) is 0 Å². The number of benzene rings is 1. The number of nitrogens with zero attached hydrogens (tertiary/aromatic N) is 2. The lowest BCUT2D eigenvalue weighted by atomic mass is 9.91. The van der Waals surface area contributed by atoms with E-state index in [1.807, 2.05) is 12.1 Å². The molecule has 28 heavy (non-hydrogen) atoms. The maximum Gasteiger partial charge on any atom is 0.255 e. The minimum atomic E-state index is -0.548. The minimum absolute atomic E-state index is 0.0922. The average molecular weight is 382 g/mol. The molecule has 5 rings (SSSR count). The van der Waals surface area contributed by atoms with E-state index in [1.165, 1.54) is 12.8 Å². The zero-order valence-corrected chi connectivity index (χ0v) is 15.9. The van der Waals surface area contributed by atoms with Gasteiger partial charge in [0.05, 0.1) is 0 Å². The van der Waals surface area contributed by atoms with E-state index in [4.69, 9.17) is 0 Å². The summed E-state index contributed by atoms with van der Waals surface area (Å²) in [6.45, 7) is 4.58. The van der Waals surface area contributed by atoms with Gasteiger partial charge >= 0.3 is 0 Å². The van der Waals surface area contributed by atoms with Gasteiger partial charge in [-0.1, -0.05) is 12.1 Å². The second-order valence-electron chi connectivity index (χ2n) is 8.49. The van der Waals surface area contributed by atoms with Crippen LogP contribution >= 0.6 is 0 Å². The van der Waals surface area contributed by atoms with E-state index < -0.39 is 6.04 Å². The van der Waals surface area contributed by atoms with Crippen LogP contribution < -0.4 is 10.6 Å². The molecule has 0 spiro atoms. The van der Waals surface area contributed by atoms with Crippen molar-refractivity contribution < 1.29 is 14.4 Å². The number of nitrogens with one attached hydrogen (secondary N) is 2. The third-order valence-corrected chi connectivity index (χ3v) is 6.77. The number of rotatable bonds is 3. The van der Waals surface area contributed by atoms with Crippen molar-refractivity contribution in [2.45, 2.75) is 50.9 Å². The molecule has 2 N–H and O–H groups in total. The van der Waals surface area contributed by atoms with Gasteiger partial charge in [0.25, 0.3) is 5.91 Å². The Bertz CT molecular complexity index is 839. The molecule has 4 heterocycles. The molecule has 3 atom stereocenters. The van der Waals surface area contributed by atoms with Gasteiger partial charge in [0.1, 0.15) is 6.04 Å². The Balaban J connectivity index is 1.32. The van der Waals surface area contributed by atoms with E-state index in [9.17, 15) is 14.4 Å². The second kappa shape index (κ2) is 6.97. The molecule has 7 nitrogen and oxygen atoms in total. The summed E-state index contributed by atoms with van der Waals surface area (Å²) in [7, 11) is 0. The summed E-state index contributed by atoms with van der Waals surface area (Å²) in [5, 5.41) is 5.87. The highest BCUT2D eigenvalue weighted by Gasteiger charge is 2.39. The molecule has 4 aliphatic heterocycles. The summed E-state index contributed by atoms with van der Waals surface area (Å²) in [6, 6.07) is 6.20. The van der Waals surface area contributed by atoms with Gasteiger partial charge in [-0.05, 0) is 55.5 Å². The number of hydrogen-bond acceptors (Lipinski definition) is 5. The van der Waals surface area contributed by atoms with Crippen LogP contribution in [0.1, 0.15) is 47.2 Å². The van der Waals surface area contributed by atoms with E-state index in [-0.39, 0.29) is 24.1 Å². The van der Waals surface area contributed by atoms with Crippen molar-refractivity contribution in [3.05, 3.63) is 34.9 Å². The highest BCUT2D eigenvalue weighted by molar-refractivity contribution is 6.05. The van der Waals surface area contributed by atoms with E-state index >= 15 is 0 Å². The van der Waals surface area contributed by atoms with Crippen molar-refractivity contribution in [3.63, 3.8) is 0 Å². The molecule has 1 aromatic carbocycles. The van der Waals surface area contributed by atoms with Crippen LogP contribution in [0.2, 0.25) is 0 Å². The molecular formula is C21H26N4O3. The highest BCUT2D eigenvalue weighted by Crippen LogP contribution is 2.31. The van der Waals surface area contributed by atoms with Crippen LogP contribution in [-0.4, -0.2) is 59.2 Å². The summed E-state index contributed by atoms with van der Waals surface area (Å²) in [5.74, 6) is 0.0397. The number of carbonyl (C=O) groups is 3. The number of likely N-dealkylation sites (tertiary alicyclic amines) is 1. The van der Waals surface area contributed by atoms with Crippen LogP contribution in [0.3, 0.4) is 0 Å². The van der Waals surface area contributed by atoms with Crippen molar-refractivity contribution in [1.82, 2.24) is 20.4 Å². The van der Waals surface area contributed by atoms with Crippen molar-refractivity contribution in [3.8, 4) is 0 Å². The standard InChI is InChI=1S/C21H26N4O3/c26-19-6-5-17(20(27)23-19)25-12-15-4-3-13(8-16(15)21(25)28)11-24-7-1-2-14-9-22-10-18(14)24/h3-4,8,14,17-18,22H,1-2,5-7,9-12H2,(H,23,26,27)/t14-,17?,18+/m0/s1. The summed E-state index contributed by atoms with van der Waals surface area (Å²) >= 11 is 0. The molecule has 1 unspecified atom stereocenters. The van der Waals surface area contributed by atoms with Gasteiger partial charge in [-0.25, -0.2) is 0 Å². The molecular weight excluding hydrogens is 356 g/mol. The molecule has 0 saturated carbocycles. The smallest absolute Gasteiger partial charge is 0.255 e. The number of piperidine rings is 2. The first-order valence-corrected chi connectivity index (χ1v) is 10.3. The Kier molecular flexibility index (Phi) is 4.44. The van der Waals surface area contributed by atoms with Crippen LogP contribution in [0.4, 0.5) is 0 Å². The van der Waals surface area contributed by atoms with Crippen LogP contribution in [-0.2, 0) is 22.7 Å². The summed E-state index contributed by atoms with van der Waals surface area (Å²) in [5.41, 5.74) is 2.84. The molecule has 0 aliphatic carbocycles. The fourth-order valence-electron chi connectivity index (χ4n) is 5.29. The molecule has 3 saturated heterocycles. The fourth-order valence-corrected chi connectivity index (χ4v) is 5.29. The number of hydrogen-bond donors (Lipinski definition) is 2. The third kappa shape index (κ3) is 3.02. The Hall–Kier alpha value is -2.25. The van der Waals surface area contributed by atoms with Crippen LogP contribution in [0.5, 0.6) is 0 Å². The topological polar surface area (TPSA) is 81.8 Å². The molecule has 0 aromatic heterocycles. The van der Waals surface area contributed by atoms with E-state index in [0.29, 0.717) is 24.6 Å². The minimum Gasteiger partial charge on any atom is -0.322 e. The Morgan fingerprint density at radius 3 is 2.86 bits per heavy atom. The normalized spacial score (nSPS) is 30.4. The first-order chi connectivity index (χ1) is 13.6. The maximum atomic E-state index is 13.0. The van der Waals surface area contributed by atoms with Gasteiger partial charge in [-0.15, -0.1) is 0 Å². The molecule has 3 amide bonds. The molecule has 148 valence electrons. The first-order valence-electron chi connectivity index (χ1n) is 10.3. The molecule has 3 fully saturated rings. The predicted molar refractivity (Wildman–Crippen MR) is 102 cm³/mol. The van der Waals surface area contributed by atoms with Gasteiger partial charge in [-0.2, -0.15) is 0 Å². The van der Waals surface area contributed by atoms with Crippen molar-refractivity contribution in [1.29, 1.82) is 0 Å². The number of imide groups is 1. The van der Waals surface area contributed by atoms with Crippen molar-refractivity contribution in [2.75, 3.05) is 19.6 Å². The van der Waals surface area contributed by atoms with Gasteiger partial charge < -0.3 is 10.2 Å². The number of amides is 3. The lowest BCUT2D eigenvalue weighted by molar-refractivity contribution is -0.136. The monoisotopic (exact) mass is 382 g/mol. The first kappa shape index (κ1) is 17.8. The Labute approximate surface area is 164 Å². The molecule has 7 heteroatoms. The van der Waals surface area contributed by atoms with Crippen LogP contribution in [0, 0.1) is 5.92 Å². The summed E-state index contributed by atoms with van der Waals surface area (Å²) in [4.78, 5) is 40.7. The number of carbonyl (C=O) groups excluding carboxylic acids is 3. The Morgan fingerprint density at radius 2 is 2.00 bits per heavy atom. The van der Waals surface area contributed by atoms with E-state index in [2.05, 4.69) is 21.6 Å². The van der Waals surface area contributed by atoms with Crippen molar-refractivity contribution >= 4 is 17.7 Å². The average Bonchev–Trinajstić information content (AvgIpc) is 3.28. The highest BCUT2D eigenvalue weighted by atomic mass is 16.2. The lowest BCUT2D eigenvalue weighted by Crippen LogP contribution is -2.52. The second-order valence-corrected chi connectivity index (χ2v) is 8.49. The molecule has 0 bridgehead atoms. The van der Waals surface area contributed by atoms with Gasteiger partial charge in [-0.3, -0.25) is 24.6 Å². The zero-order valence-electron chi connectivity index (χ0n) is 15.9. The Morgan fingerprint density at radius 1 is 1.11 bits per heavy atom. The zero-order chi connectivity index (χ0) is 19.3.